The number of hydrogen-bond acceptors (Lipinski definition) is 7. The second-order valence-corrected chi connectivity index (χ2v) is 9.13. The molecule has 0 spiro atoms. The van der Waals surface area contributed by atoms with E-state index in [9.17, 15) is 14.7 Å². The minimum absolute atomic E-state index is 0.0325. The summed E-state index contributed by atoms with van der Waals surface area (Å²) in [6, 6.07) is 10.1. The molecule has 2 fully saturated rings. The number of ketones is 1. The summed E-state index contributed by atoms with van der Waals surface area (Å²) in [5, 5.41) is 13.0. The maximum atomic E-state index is 13.0. The molecule has 8 heteroatoms. The summed E-state index contributed by atoms with van der Waals surface area (Å²) >= 11 is 1.47. The highest BCUT2D eigenvalue weighted by Crippen LogP contribution is 2.41. The lowest BCUT2D eigenvalue weighted by Gasteiger charge is -2.30. The highest BCUT2D eigenvalue weighted by atomic mass is 32.1. The molecule has 2 aliphatic heterocycles. The highest BCUT2D eigenvalue weighted by molar-refractivity contribution is 7.10. The summed E-state index contributed by atoms with van der Waals surface area (Å²) in [7, 11) is 0. The molecule has 1 atom stereocenters. The zero-order valence-corrected chi connectivity index (χ0v) is 19.1. The second kappa shape index (κ2) is 9.85. The van der Waals surface area contributed by atoms with Gasteiger partial charge in [-0.25, -0.2) is 0 Å². The quantitative estimate of drug-likeness (QED) is 0.391. The van der Waals surface area contributed by atoms with Crippen LogP contribution >= 0.6 is 11.3 Å². The molecule has 0 saturated carbocycles. The van der Waals surface area contributed by atoms with Crippen LogP contribution in [0.2, 0.25) is 0 Å². The molecule has 1 amide bonds. The maximum Gasteiger partial charge on any atom is 0.295 e. The maximum absolute atomic E-state index is 13.0. The number of carbonyl (C=O) groups is 2. The highest BCUT2D eigenvalue weighted by Gasteiger charge is 2.46. The van der Waals surface area contributed by atoms with Gasteiger partial charge in [0.1, 0.15) is 11.5 Å². The number of ether oxygens (including phenoxy) is 2. The topological polar surface area (TPSA) is 79.3 Å². The Morgan fingerprint density at radius 2 is 1.88 bits per heavy atom. The number of aliphatic hydroxyl groups is 1. The second-order valence-electron chi connectivity index (χ2n) is 8.15. The number of aliphatic hydroxyl groups excluding tert-OH is 1. The predicted molar refractivity (Wildman–Crippen MR) is 123 cm³/mol. The molecule has 0 radical (unpaired) electrons. The Hall–Kier alpha value is -2.68. The van der Waals surface area contributed by atoms with Gasteiger partial charge in [-0.2, -0.15) is 0 Å². The third-order valence-corrected chi connectivity index (χ3v) is 6.54. The SMILES string of the molecule is CC(C)Oc1ccc(C(O)=C2C(=O)C(=O)N(CCN3CCOCC3)[C@H]2c2cccs2)cc1. The van der Waals surface area contributed by atoms with Crippen molar-refractivity contribution in [2.45, 2.75) is 26.0 Å². The molecule has 2 aliphatic rings. The first-order valence-corrected chi connectivity index (χ1v) is 11.7. The van der Waals surface area contributed by atoms with Gasteiger partial charge in [-0.15, -0.1) is 11.3 Å². The molecule has 170 valence electrons. The number of nitrogens with zero attached hydrogens (tertiary/aromatic N) is 2. The lowest BCUT2D eigenvalue weighted by atomic mass is 10.00. The van der Waals surface area contributed by atoms with Gasteiger partial charge in [0.2, 0.25) is 0 Å². The van der Waals surface area contributed by atoms with E-state index in [0.717, 1.165) is 18.0 Å². The molecule has 1 N–H and O–H groups in total. The molecule has 1 aromatic carbocycles. The van der Waals surface area contributed by atoms with Crippen LogP contribution in [0.25, 0.3) is 5.76 Å². The van der Waals surface area contributed by atoms with Gasteiger partial charge >= 0.3 is 0 Å². The van der Waals surface area contributed by atoms with Gasteiger partial charge in [0.25, 0.3) is 11.7 Å². The summed E-state index contributed by atoms with van der Waals surface area (Å²) in [6.45, 7) is 7.88. The van der Waals surface area contributed by atoms with E-state index < -0.39 is 17.7 Å². The first-order chi connectivity index (χ1) is 15.5. The lowest BCUT2D eigenvalue weighted by Crippen LogP contribution is -2.42. The largest absolute Gasteiger partial charge is 0.507 e. The van der Waals surface area contributed by atoms with Gasteiger partial charge in [0, 0.05) is 36.6 Å². The van der Waals surface area contributed by atoms with Crippen LogP contribution in [0.5, 0.6) is 5.75 Å². The zero-order valence-electron chi connectivity index (χ0n) is 18.3. The minimum Gasteiger partial charge on any atom is -0.507 e. The number of rotatable bonds is 7. The predicted octanol–water partition coefficient (Wildman–Crippen LogP) is 3.29. The van der Waals surface area contributed by atoms with E-state index in [-0.39, 0.29) is 17.4 Å². The fourth-order valence-electron chi connectivity index (χ4n) is 4.05. The fourth-order valence-corrected chi connectivity index (χ4v) is 4.89. The van der Waals surface area contributed by atoms with E-state index in [0.29, 0.717) is 37.6 Å². The lowest BCUT2D eigenvalue weighted by molar-refractivity contribution is -0.140. The monoisotopic (exact) mass is 456 g/mol. The molecule has 2 saturated heterocycles. The van der Waals surface area contributed by atoms with E-state index >= 15 is 0 Å². The van der Waals surface area contributed by atoms with E-state index in [1.165, 1.54) is 11.3 Å². The number of morpholine rings is 1. The third-order valence-electron chi connectivity index (χ3n) is 5.61. The smallest absolute Gasteiger partial charge is 0.295 e. The van der Waals surface area contributed by atoms with Gasteiger partial charge < -0.3 is 19.5 Å². The van der Waals surface area contributed by atoms with Crippen LogP contribution in [-0.4, -0.2) is 72.1 Å². The Balaban J connectivity index is 1.64. The molecule has 2 aromatic rings. The molecule has 0 bridgehead atoms. The molecule has 4 rings (SSSR count). The van der Waals surface area contributed by atoms with E-state index in [1.54, 1.807) is 29.2 Å². The van der Waals surface area contributed by atoms with Gasteiger partial charge in [0.05, 0.1) is 30.9 Å². The molecular weight excluding hydrogens is 428 g/mol. The number of hydrogen-bond donors (Lipinski definition) is 1. The van der Waals surface area contributed by atoms with Gasteiger partial charge in [-0.1, -0.05) is 6.07 Å². The van der Waals surface area contributed by atoms with Crippen LogP contribution in [0.3, 0.4) is 0 Å². The van der Waals surface area contributed by atoms with Crippen molar-refractivity contribution in [3.8, 4) is 5.75 Å². The Bertz CT molecular complexity index is 978. The van der Waals surface area contributed by atoms with E-state index in [2.05, 4.69) is 4.90 Å². The van der Waals surface area contributed by atoms with Crippen LogP contribution in [0.1, 0.15) is 30.3 Å². The molecule has 1 aromatic heterocycles. The normalized spacial score (nSPS) is 21.5. The zero-order chi connectivity index (χ0) is 22.7. The van der Waals surface area contributed by atoms with Crippen LogP contribution in [0.15, 0.2) is 47.4 Å². The van der Waals surface area contributed by atoms with Crippen molar-refractivity contribution < 1.29 is 24.2 Å². The summed E-state index contributed by atoms with van der Waals surface area (Å²) in [5.41, 5.74) is 0.616. The van der Waals surface area contributed by atoms with Crippen molar-refractivity contribution in [3.05, 3.63) is 57.8 Å². The average molecular weight is 457 g/mol. The molecule has 0 unspecified atom stereocenters. The number of thiophene rings is 1. The Labute approximate surface area is 191 Å². The Kier molecular flexibility index (Phi) is 6.93. The summed E-state index contributed by atoms with van der Waals surface area (Å²) in [4.78, 5) is 30.7. The van der Waals surface area contributed by atoms with Crippen molar-refractivity contribution in [1.29, 1.82) is 0 Å². The van der Waals surface area contributed by atoms with E-state index in [4.69, 9.17) is 9.47 Å². The van der Waals surface area contributed by atoms with Gasteiger partial charge in [0.15, 0.2) is 0 Å². The van der Waals surface area contributed by atoms with E-state index in [1.807, 2.05) is 31.4 Å². The number of likely N-dealkylation sites (tertiary alicyclic amines) is 1. The van der Waals surface area contributed by atoms with Crippen LogP contribution < -0.4 is 4.74 Å². The average Bonchev–Trinajstić information content (AvgIpc) is 3.40. The van der Waals surface area contributed by atoms with Crippen LogP contribution in [-0.2, 0) is 14.3 Å². The Morgan fingerprint density at radius 1 is 1.16 bits per heavy atom. The Morgan fingerprint density at radius 3 is 2.50 bits per heavy atom. The standard InChI is InChI=1S/C24H28N2O5S/c1-16(2)31-18-7-5-17(6-8-18)22(27)20-21(19-4-3-15-32-19)26(24(29)23(20)28)10-9-25-11-13-30-14-12-25/h3-8,15-16,21,27H,9-14H2,1-2H3/t21-/m0/s1. The minimum atomic E-state index is -0.648. The number of carbonyl (C=O) groups excluding carboxylic acids is 2. The molecule has 0 aliphatic carbocycles. The number of benzene rings is 1. The first-order valence-electron chi connectivity index (χ1n) is 10.8. The van der Waals surface area contributed by atoms with Gasteiger partial charge in [-0.3, -0.25) is 14.5 Å². The third kappa shape index (κ3) is 4.72. The van der Waals surface area contributed by atoms with Crippen LogP contribution in [0, 0.1) is 0 Å². The summed E-state index contributed by atoms with van der Waals surface area (Å²) < 4.78 is 11.1. The van der Waals surface area contributed by atoms with Crippen molar-refractivity contribution in [3.63, 3.8) is 0 Å². The van der Waals surface area contributed by atoms with Gasteiger partial charge in [-0.05, 0) is 49.6 Å². The molecule has 32 heavy (non-hydrogen) atoms. The summed E-state index contributed by atoms with van der Waals surface area (Å²) in [5.74, 6) is -0.701. The fraction of sp³-hybridized carbons (Fsp3) is 0.417. The first kappa shape index (κ1) is 22.5. The van der Waals surface area contributed by atoms with Crippen molar-refractivity contribution in [2.24, 2.45) is 0 Å². The van der Waals surface area contributed by atoms with Crippen LogP contribution in [0.4, 0.5) is 0 Å². The number of amides is 1. The molecule has 7 nitrogen and oxygen atoms in total. The summed E-state index contributed by atoms with van der Waals surface area (Å²) in [6.07, 6.45) is 0.0325. The van der Waals surface area contributed by atoms with Crippen molar-refractivity contribution in [2.75, 3.05) is 39.4 Å². The molecular formula is C24H28N2O5S. The van der Waals surface area contributed by atoms with Crippen molar-refractivity contribution >= 4 is 28.8 Å². The molecule has 3 heterocycles. The number of Topliss-reactive ketones (excluding diaryl/α,β-unsaturated/α-hetero) is 1. The van der Waals surface area contributed by atoms with Crippen molar-refractivity contribution in [1.82, 2.24) is 9.80 Å².